The molecule has 3 saturated heterocycles. The molecule has 5 heteroatoms. The second-order valence-electron chi connectivity index (χ2n) is 5.43. The van der Waals surface area contributed by atoms with Crippen LogP contribution in [0.4, 0.5) is 4.39 Å². The molecule has 3 nitrogen and oxygen atoms in total. The number of rotatable bonds is 2. The van der Waals surface area contributed by atoms with E-state index < -0.39 is 0 Å². The second kappa shape index (κ2) is 5.46. The average Bonchev–Trinajstić information content (AvgIpc) is 2.43. The van der Waals surface area contributed by atoms with Crippen molar-refractivity contribution < 1.29 is 21.3 Å². The molecule has 0 aliphatic carbocycles. The molecule has 1 aromatic rings. The predicted octanol–water partition coefficient (Wildman–Crippen LogP) is -1.65. The summed E-state index contributed by atoms with van der Waals surface area (Å²) in [5, 5.41) is 8.75. The third-order valence-corrected chi connectivity index (χ3v) is 4.36. The number of halogens is 2. The van der Waals surface area contributed by atoms with E-state index in [-0.39, 0.29) is 18.2 Å². The summed E-state index contributed by atoms with van der Waals surface area (Å²) in [6.07, 6.45) is 0. The first-order chi connectivity index (χ1) is 8.71. The molecule has 0 amide bonds. The highest BCUT2D eigenvalue weighted by Crippen LogP contribution is 2.24. The van der Waals surface area contributed by atoms with Crippen LogP contribution in [0.1, 0.15) is 11.1 Å². The Balaban J connectivity index is 0.00000133. The van der Waals surface area contributed by atoms with Crippen LogP contribution in [0.25, 0.3) is 0 Å². The van der Waals surface area contributed by atoms with Gasteiger partial charge in [0, 0.05) is 25.2 Å². The van der Waals surface area contributed by atoms with Crippen LogP contribution in [0.2, 0.25) is 0 Å². The van der Waals surface area contributed by atoms with Gasteiger partial charge in [0.05, 0.1) is 31.3 Å². The first-order valence-corrected chi connectivity index (χ1v) is 6.47. The summed E-state index contributed by atoms with van der Waals surface area (Å²) in [4.78, 5) is 2.48. The lowest BCUT2D eigenvalue weighted by Gasteiger charge is -2.50. The van der Waals surface area contributed by atoms with Gasteiger partial charge in [-0.25, -0.2) is 4.39 Å². The number of hydrogen-bond acceptors (Lipinski definition) is 2. The molecular weight excluding hydrogens is 265 g/mol. The highest BCUT2D eigenvalue weighted by atomic mass is 35.5. The van der Waals surface area contributed by atoms with Gasteiger partial charge in [-0.15, -0.1) is 0 Å². The van der Waals surface area contributed by atoms with E-state index in [0.29, 0.717) is 5.56 Å². The van der Waals surface area contributed by atoms with Gasteiger partial charge < -0.3 is 16.9 Å². The maximum atomic E-state index is 13.9. The molecule has 19 heavy (non-hydrogen) atoms. The van der Waals surface area contributed by atoms with Crippen molar-refractivity contribution in [1.82, 2.24) is 4.90 Å². The van der Waals surface area contributed by atoms with Gasteiger partial charge in [0.15, 0.2) is 0 Å². The second-order valence-corrected chi connectivity index (χ2v) is 5.43. The summed E-state index contributed by atoms with van der Waals surface area (Å²) in [5.74, 6) is -0.227. The van der Waals surface area contributed by atoms with E-state index in [1.165, 1.54) is 6.07 Å². The zero-order valence-corrected chi connectivity index (χ0v) is 11.5. The summed E-state index contributed by atoms with van der Waals surface area (Å²) >= 11 is 0. The van der Waals surface area contributed by atoms with Gasteiger partial charge in [-0.3, -0.25) is 4.90 Å². The van der Waals surface area contributed by atoms with Gasteiger partial charge in [-0.1, -0.05) is 0 Å². The summed E-state index contributed by atoms with van der Waals surface area (Å²) in [6, 6.07) is 6.83. The van der Waals surface area contributed by atoms with Crippen molar-refractivity contribution in [2.75, 3.05) is 39.3 Å². The lowest BCUT2D eigenvalue weighted by molar-refractivity contribution is -0.953. The molecule has 2 bridgehead atoms. The monoisotopic (exact) mass is 281 g/mol. The standard InChI is InChI=1S/C14H17FN3.ClH/c15-14-9-12(10-16)1-2-13(14)11-18-6-3-17(4-7-18)5-8-18;/h1-2,9H,3-8,11H2;1H/q+1;/p-1. The Morgan fingerprint density at radius 3 is 2.37 bits per heavy atom. The molecule has 0 N–H and O–H groups in total. The lowest BCUT2D eigenvalue weighted by atomic mass is 10.1. The SMILES string of the molecule is N#Cc1ccc(C[N+]23CCN(CC2)CC3)c(F)c1.[Cl-]. The zero-order valence-electron chi connectivity index (χ0n) is 10.8. The minimum Gasteiger partial charge on any atom is -1.00 e. The average molecular weight is 282 g/mol. The lowest BCUT2D eigenvalue weighted by Crippen LogP contribution is -3.00. The number of hydrogen-bond donors (Lipinski definition) is 0. The highest BCUT2D eigenvalue weighted by Gasteiger charge is 2.38. The van der Waals surface area contributed by atoms with E-state index in [1.54, 1.807) is 12.1 Å². The Labute approximate surface area is 119 Å². The van der Waals surface area contributed by atoms with Crippen LogP contribution in [-0.2, 0) is 6.54 Å². The number of nitrogens with zero attached hydrogens (tertiary/aromatic N) is 3. The normalized spacial score (nSPS) is 28.5. The Hall–Kier alpha value is -1.15. The van der Waals surface area contributed by atoms with Crippen molar-refractivity contribution in [2.45, 2.75) is 6.54 Å². The van der Waals surface area contributed by atoms with Crippen LogP contribution >= 0.6 is 0 Å². The minimum atomic E-state index is -0.227. The maximum Gasteiger partial charge on any atom is 0.133 e. The van der Waals surface area contributed by atoms with Crippen molar-refractivity contribution in [1.29, 1.82) is 5.26 Å². The van der Waals surface area contributed by atoms with Crippen LogP contribution in [0.5, 0.6) is 0 Å². The summed E-state index contributed by atoms with van der Waals surface area (Å²) < 4.78 is 15.0. The molecule has 0 atom stereocenters. The quantitative estimate of drug-likeness (QED) is 0.608. The van der Waals surface area contributed by atoms with E-state index >= 15 is 0 Å². The molecule has 0 saturated carbocycles. The zero-order chi connectivity index (χ0) is 12.6. The van der Waals surface area contributed by atoms with E-state index in [1.807, 2.05) is 6.07 Å². The number of fused-ring (bicyclic) bond motifs is 3. The van der Waals surface area contributed by atoms with Crippen molar-refractivity contribution in [3.05, 3.63) is 35.1 Å². The topological polar surface area (TPSA) is 27.0 Å². The van der Waals surface area contributed by atoms with Crippen LogP contribution in [-0.4, -0.2) is 48.7 Å². The van der Waals surface area contributed by atoms with E-state index in [4.69, 9.17) is 5.26 Å². The van der Waals surface area contributed by atoms with Crippen molar-refractivity contribution >= 4 is 0 Å². The number of piperazine rings is 3. The van der Waals surface area contributed by atoms with E-state index in [0.717, 1.165) is 55.9 Å². The van der Waals surface area contributed by atoms with Crippen LogP contribution in [0.3, 0.4) is 0 Å². The third kappa shape index (κ3) is 2.74. The largest absolute Gasteiger partial charge is 1.00 e. The number of quaternary nitrogens is 1. The highest BCUT2D eigenvalue weighted by molar-refractivity contribution is 5.32. The smallest absolute Gasteiger partial charge is 0.133 e. The summed E-state index contributed by atoms with van der Waals surface area (Å²) in [5.41, 5.74) is 1.16. The first-order valence-electron chi connectivity index (χ1n) is 6.47. The fourth-order valence-electron chi connectivity index (χ4n) is 3.08. The number of nitriles is 1. The molecule has 0 spiro atoms. The molecule has 0 aromatic heterocycles. The Bertz CT molecular complexity index is 490. The Morgan fingerprint density at radius 1 is 1.21 bits per heavy atom. The molecule has 0 radical (unpaired) electrons. The molecule has 1 aromatic carbocycles. The minimum absolute atomic E-state index is 0. The molecule has 0 unspecified atom stereocenters. The molecule has 3 heterocycles. The summed E-state index contributed by atoms with van der Waals surface area (Å²) in [7, 11) is 0. The first kappa shape index (κ1) is 14.3. The fourth-order valence-corrected chi connectivity index (χ4v) is 3.08. The predicted molar refractivity (Wildman–Crippen MR) is 66.1 cm³/mol. The molecule has 4 rings (SSSR count). The molecule has 102 valence electrons. The van der Waals surface area contributed by atoms with Crippen LogP contribution in [0.15, 0.2) is 18.2 Å². The number of benzene rings is 1. The molecular formula is C14H17ClFN3. The van der Waals surface area contributed by atoms with Gasteiger partial charge in [0.1, 0.15) is 12.4 Å². The molecule has 3 aliphatic rings. The van der Waals surface area contributed by atoms with Gasteiger partial charge in [-0.05, 0) is 18.2 Å². The van der Waals surface area contributed by atoms with Gasteiger partial charge in [-0.2, -0.15) is 5.26 Å². The maximum absolute atomic E-state index is 13.9. The van der Waals surface area contributed by atoms with Crippen molar-refractivity contribution in [3.8, 4) is 6.07 Å². The van der Waals surface area contributed by atoms with Crippen molar-refractivity contribution in [2.24, 2.45) is 0 Å². The van der Waals surface area contributed by atoms with Gasteiger partial charge in [0.2, 0.25) is 0 Å². The van der Waals surface area contributed by atoms with Crippen LogP contribution in [0, 0.1) is 17.1 Å². The Kier molecular flexibility index (Phi) is 4.10. The fraction of sp³-hybridized carbons (Fsp3) is 0.500. The van der Waals surface area contributed by atoms with Crippen LogP contribution < -0.4 is 12.4 Å². The van der Waals surface area contributed by atoms with Gasteiger partial charge >= 0.3 is 0 Å². The van der Waals surface area contributed by atoms with Gasteiger partial charge in [0.25, 0.3) is 0 Å². The molecule has 3 fully saturated rings. The van der Waals surface area contributed by atoms with E-state index in [9.17, 15) is 4.39 Å². The Morgan fingerprint density at radius 2 is 1.84 bits per heavy atom. The molecule has 3 aliphatic heterocycles. The van der Waals surface area contributed by atoms with E-state index in [2.05, 4.69) is 4.90 Å². The summed E-state index contributed by atoms with van der Waals surface area (Å²) in [6.45, 7) is 7.55. The third-order valence-electron chi connectivity index (χ3n) is 4.36. The van der Waals surface area contributed by atoms with Crippen molar-refractivity contribution in [3.63, 3.8) is 0 Å².